The lowest BCUT2D eigenvalue weighted by Gasteiger charge is -2.10. The molecule has 1 rings (SSSR count). The van der Waals surface area contributed by atoms with E-state index in [1.165, 1.54) is 10.5 Å². The van der Waals surface area contributed by atoms with Gasteiger partial charge in [-0.25, -0.2) is 0 Å². The van der Waals surface area contributed by atoms with Crippen molar-refractivity contribution in [3.63, 3.8) is 0 Å². The van der Waals surface area contributed by atoms with E-state index in [0.29, 0.717) is 0 Å². The van der Waals surface area contributed by atoms with Crippen molar-refractivity contribution < 1.29 is 9.05 Å². The number of rotatable bonds is 4. The summed E-state index contributed by atoms with van der Waals surface area (Å²) >= 11 is 1.62. The van der Waals surface area contributed by atoms with Crippen molar-refractivity contribution in [3.05, 3.63) is 29.8 Å². The SMILES string of the molecule is COP(OC)Sc1ccc(C)cc1. The molecule has 0 N–H and O–H groups in total. The van der Waals surface area contributed by atoms with Gasteiger partial charge < -0.3 is 9.05 Å². The second-order valence-electron chi connectivity index (χ2n) is 2.49. The minimum Gasteiger partial charge on any atom is -0.329 e. The van der Waals surface area contributed by atoms with Crippen molar-refractivity contribution >= 4 is 19.0 Å². The van der Waals surface area contributed by atoms with Crippen LogP contribution < -0.4 is 0 Å². The summed E-state index contributed by atoms with van der Waals surface area (Å²) in [4.78, 5) is 1.18. The van der Waals surface area contributed by atoms with E-state index in [9.17, 15) is 0 Å². The van der Waals surface area contributed by atoms with Gasteiger partial charge in [0.1, 0.15) is 0 Å². The van der Waals surface area contributed by atoms with Gasteiger partial charge in [0.25, 0.3) is 0 Å². The van der Waals surface area contributed by atoms with E-state index in [4.69, 9.17) is 9.05 Å². The van der Waals surface area contributed by atoms with E-state index in [2.05, 4.69) is 31.2 Å². The van der Waals surface area contributed by atoms with Crippen molar-refractivity contribution in [2.75, 3.05) is 14.2 Å². The zero-order chi connectivity index (χ0) is 9.68. The van der Waals surface area contributed by atoms with Crippen LogP contribution in [0.2, 0.25) is 0 Å². The highest BCUT2D eigenvalue weighted by molar-refractivity contribution is 8.52. The van der Waals surface area contributed by atoms with Gasteiger partial charge in [-0.15, -0.1) is 0 Å². The molecule has 0 radical (unpaired) electrons. The lowest BCUT2D eigenvalue weighted by Crippen LogP contribution is -1.77. The van der Waals surface area contributed by atoms with Crippen LogP contribution in [0.25, 0.3) is 0 Å². The lowest BCUT2D eigenvalue weighted by molar-refractivity contribution is 0.357. The lowest BCUT2D eigenvalue weighted by atomic mass is 10.2. The van der Waals surface area contributed by atoms with Gasteiger partial charge in [0.2, 0.25) is 7.58 Å². The molecule has 4 heteroatoms. The predicted molar refractivity (Wildman–Crippen MR) is 58.0 cm³/mol. The molecule has 0 saturated heterocycles. The van der Waals surface area contributed by atoms with Crippen LogP contribution in [-0.2, 0) is 9.05 Å². The summed E-state index contributed by atoms with van der Waals surface area (Å²) in [7, 11) is 2.50. The van der Waals surface area contributed by atoms with Crippen LogP contribution in [0.5, 0.6) is 0 Å². The summed E-state index contributed by atoms with van der Waals surface area (Å²) in [6, 6.07) is 8.32. The molecule has 1 aromatic rings. The predicted octanol–water partition coefficient (Wildman–Crippen LogP) is 3.61. The first-order chi connectivity index (χ1) is 6.26. The molecule has 0 aliphatic carbocycles. The quantitative estimate of drug-likeness (QED) is 0.716. The third kappa shape index (κ3) is 3.65. The average Bonchev–Trinajstić information content (AvgIpc) is 2.17. The second kappa shape index (κ2) is 5.61. The van der Waals surface area contributed by atoms with Gasteiger partial charge in [-0.2, -0.15) is 0 Å². The molecule has 0 unspecified atom stereocenters. The molecule has 2 nitrogen and oxygen atoms in total. The van der Waals surface area contributed by atoms with E-state index in [0.717, 1.165) is 0 Å². The molecule has 0 aromatic heterocycles. The number of benzene rings is 1. The maximum atomic E-state index is 5.14. The molecular formula is C9H13O2PS. The Hall–Kier alpha value is -0.0800. The summed E-state index contributed by atoms with van der Waals surface area (Å²) in [5, 5.41) is 0. The molecule has 1 aromatic carbocycles. The smallest absolute Gasteiger partial charge is 0.242 e. The summed E-state index contributed by atoms with van der Waals surface area (Å²) in [6.45, 7) is 2.07. The average molecular weight is 216 g/mol. The first-order valence-electron chi connectivity index (χ1n) is 3.89. The first-order valence-corrected chi connectivity index (χ1v) is 6.49. The topological polar surface area (TPSA) is 18.5 Å². The van der Waals surface area contributed by atoms with Crippen LogP contribution in [-0.4, -0.2) is 14.2 Å². The molecule has 0 spiro atoms. The molecule has 0 fully saturated rings. The third-order valence-electron chi connectivity index (χ3n) is 1.50. The summed E-state index contributed by atoms with van der Waals surface area (Å²) < 4.78 is 10.3. The Morgan fingerprint density at radius 1 is 1.08 bits per heavy atom. The molecule has 0 aliphatic heterocycles. The van der Waals surface area contributed by atoms with Gasteiger partial charge in [-0.05, 0) is 30.4 Å². The fraction of sp³-hybridized carbons (Fsp3) is 0.333. The molecule has 0 amide bonds. The van der Waals surface area contributed by atoms with Crippen molar-refractivity contribution in [1.82, 2.24) is 0 Å². The Labute approximate surface area is 84.3 Å². The molecule has 0 atom stereocenters. The number of aryl methyl sites for hydroxylation is 1. The van der Waals surface area contributed by atoms with Gasteiger partial charge in [0, 0.05) is 19.1 Å². The summed E-state index contributed by atoms with van der Waals surface area (Å²) in [6.07, 6.45) is 0. The van der Waals surface area contributed by atoms with Crippen LogP contribution >= 0.6 is 19.0 Å². The summed E-state index contributed by atoms with van der Waals surface area (Å²) in [5.41, 5.74) is 1.27. The van der Waals surface area contributed by atoms with Gasteiger partial charge in [-0.3, -0.25) is 0 Å². The number of hydrogen-bond donors (Lipinski definition) is 0. The highest BCUT2D eigenvalue weighted by Gasteiger charge is 2.07. The Morgan fingerprint density at radius 3 is 2.08 bits per heavy atom. The molecule has 72 valence electrons. The maximum Gasteiger partial charge on any atom is 0.242 e. The van der Waals surface area contributed by atoms with Crippen molar-refractivity contribution in [3.8, 4) is 0 Å². The van der Waals surface area contributed by atoms with E-state index in [-0.39, 0.29) is 0 Å². The van der Waals surface area contributed by atoms with Crippen molar-refractivity contribution in [2.24, 2.45) is 0 Å². The standard InChI is InChI=1S/C9H13O2PS/c1-8-4-6-9(7-5-8)13-12(10-2)11-3/h4-7H,1-3H3. The largest absolute Gasteiger partial charge is 0.329 e. The third-order valence-corrected chi connectivity index (χ3v) is 4.70. The number of hydrogen-bond acceptors (Lipinski definition) is 3. The minimum absolute atomic E-state index is 0.825. The van der Waals surface area contributed by atoms with Crippen LogP contribution in [0.4, 0.5) is 0 Å². The van der Waals surface area contributed by atoms with E-state index >= 15 is 0 Å². The molecule has 0 bridgehead atoms. The minimum atomic E-state index is -0.825. The zero-order valence-electron chi connectivity index (χ0n) is 7.98. The van der Waals surface area contributed by atoms with Gasteiger partial charge in [-0.1, -0.05) is 17.7 Å². The Morgan fingerprint density at radius 2 is 1.62 bits per heavy atom. The van der Waals surface area contributed by atoms with Crippen molar-refractivity contribution in [2.45, 2.75) is 11.8 Å². The normalized spacial score (nSPS) is 10.8. The van der Waals surface area contributed by atoms with Crippen molar-refractivity contribution in [1.29, 1.82) is 0 Å². The van der Waals surface area contributed by atoms with Crippen LogP contribution in [0.15, 0.2) is 29.2 Å². The molecule has 13 heavy (non-hydrogen) atoms. The first kappa shape index (κ1) is 11.0. The highest BCUT2D eigenvalue weighted by Crippen LogP contribution is 2.54. The van der Waals surface area contributed by atoms with Crippen LogP contribution in [0.3, 0.4) is 0 Å². The van der Waals surface area contributed by atoms with E-state index < -0.39 is 7.58 Å². The van der Waals surface area contributed by atoms with E-state index in [1.54, 1.807) is 25.6 Å². The maximum absolute atomic E-state index is 5.14. The summed E-state index contributed by atoms with van der Waals surface area (Å²) in [5.74, 6) is 0. The molecule has 0 saturated carbocycles. The highest BCUT2D eigenvalue weighted by atomic mass is 32.7. The molecular weight excluding hydrogens is 203 g/mol. The van der Waals surface area contributed by atoms with Gasteiger partial charge in [0.05, 0.1) is 0 Å². The van der Waals surface area contributed by atoms with E-state index in [1.807, 2.05) is 0 Å². The van der Waals surface area contributed by atoms with Gasteiger partial charge in [0.15, 0.2) is 0 Å². The Bertz CT molecular complexity index is 246. The van der Waals surface area contributed by atoms with Crippen LogP contribution in [0, 0.1) is 6.92 Å². The fourth-order valence-electron chi connectivity index (χ4n) is 0.834. The Balaban J connectivity index is 2.58. The second-order valence-corrected chi connectivity index (χ2v) is 5.77. The zero-order valence-corrected chi connectivity index (χ0v) is 9.69. The van der Waals surface area contributed by atoms with Crippen LogP contribution in [0.1, 0.15) is 5.56 Å². The monoisotopic (exact) mass is 216 g/mol. The molecule has 0 heterocycles. The molecule has 0 aliphatic rings. The fourth-order valence-corrected chi connectivity index (χ4v) is 2.89. The Kier molecular flexibility index (Phi) is 4.74. The van der Waals surface area contributed by atoms with Gasteiger partial charge >= 0.3 is 0 Å².